The zero-order chi connectivity index (χ0) is 15.2. The molecule has 0 saturated carbocycles. The molecule has 0 amide bonds. The van der Waals surface area contributed by atoms with Gasteiger partial charge in [0.25, 0.3) is 0 Å². The van der Waals surface area contributed by atoms with E-state index in [0.717, 1.165) is 0 Å². The van der Waals surface area contributed by atoms with E-state index in [9.17, 15) is 9.59 Å². The zero-order valence-corrected chi connectivity index (χ0v) is 11.7. The van der Waals surface area contributed by atoms with Crippen LogP contribution in [0.4, 0.5) is 0 Å². The molecule has 0 unspecified atom stereocenters. The molecular weight excluding hydrogens is 272 g/mol. The summed E-state index contributed by atoms with van der Waals surface area (Å²) in [6.07, 6.45) is 0.643. The standard InChI is InChI=1S/C16H14O5/c1-19-13-9-15(14(20-2)8-12(13)10-17)21-16(18)11-6-4-3-5-7-11/h3-10H,1-2H3. The molecule has 21 heavy (non-hydrogen) atoms. The third kappa shape index (κ3) is 3.20. The molecule has 0 atom stereocenters. The normalized spacial score (nSPS) is 9.81. The van der Waals surface area contributed by atoms with Crippen molar-refractivity contribution in [1.29, 1.82) is 0 Å². The Morgan fingerprint density at radius 3 is 2.19 bits per heavy atom. The largest absolute Gasteiger partial charge is 0.496 e. The molecule has 0 N–H and O–H groups in total. The van der Waals surface area contributed by atoms with Gasteiger partial charge >= 0.3 is 5.97 Å². The van der Waals surface area contributed by atoms with Gasteiger partial charge in [-0.05, 0) is 18.2 Å². The first kappa shape index (κ1) is 14.6. The minimum atomic E-state index is -0.519. The maximum Gasteiger partial charge on any atom is 0.343 e. The van der Waals surface area contributed by atoms with Gasteiger partial charge in [-0.15, -0.1) is 0 Å². The Morgan fingerprint density at radius 2 is 1.62 bits per heavy atom. The summed E-state index contributed by atoms with van der Waals surface area (Å²) < 4.78 is 15.5. The van der Waals surface area contributed by atoms with Crippen LogP contribution in [0.15, 0.2) is 42.5 Å². The minimum absolute atomic E-state index is 0.189. The van der Waals surface area contributed by atoms with Crippen LogP contribution in [-0.2, 0) is 0 Å². The van der Waals surface area contributed by atoms with Gasteiger partial charge in [0.05, 0.1) is 25.3 Å². The number of benzene rings is 2. The third-order valence-electron chi connectivity index (χ3n) is 2.86. The summed E-state index contributed by atoms with van der Waals surface area (Å²) in [6.45, 7) is 0. The molecule has 2 aromatic carbocycles. The fourth-order valence-corrected chi connectivity index (χ4v) is 1.80. The van der Waals surface area contributed by atoms with Gasteiger partial charge in [-0.3, -0.25) is 4.79 Å². The summed E-state index contributed by atoms with van der Waals surface area (Å²) in [5.41, 5.74) is 0.729. The number of rotatable bonds is 5. The average molecular weight is 286 g/mol. The summed E-state index contributed by atoms with van der Waals surface area (Å²) in [6, 6.07) is 11.5. The smallest absolute Gasteiger partial charge is 0.343 e. The Hall–Kier alpha value is -2.82. The quantitative estimate of drug-likeness (QED) is 0.480. The van der Waals surface area contributed by atoms with E-state index in [4.69, 9.17) is 14.2 Å². The van der Waals surface area contributed by atoms with Gasteiger partial charge < -0.3 is 14.2 Å². The van der Waals surface area contributed by atoms with Crippen molar-refractivity contribution < 1.29 is 23.8 Å². The molecule has 0 heterocycles. The van der Waals surface area contributed by atoms with Crippen LogP contribution in [0, 0.1) is 0 Å². The van der Waals surface area contributed by atoms with Crippen molar-refractivity contribution in [2.24, 2.45) is 0 Å². The summed E-state index contributed by atoms with van der Waals surface area (Å²) in [4.78, 5) is 23.0. The van der Waals surface area contributed by atoms with E-state index in [1.807, 2.05) is 0 Å². The number of methoxy groups -OCH3 is 2. The Labute approximate surface area is 122 Å². The van der Waals surface area contributed by atoms with Gasteiger partial charge in [0.15, 0.2) is 17.8 Å². The summed E-state index contributed by atoms with van der Waals surface area (Å²) in [7, 11) is 2.86. The Kier molecular flexibility index (Phi) is 4.56. The molecule has 0 aromatic heterocycles. The van der Waals surface area contributed by atoms with Gasteiger partial charge in [0.1, 0.15) is 5.75 Å². The lowest BCUT2D eigenvalue weighted by atomic mass is 10.2. The highest BCUT2D eigenvalue weighted by molar-refractivity contribution is 5.91. The van der Waals surface area contributed by atoms with E-state index in [0.29, 0.717) is 23.2 Å². The highest BCUT2D eigenvalue weighted by atomic mass is 16.6. The second-order valence-corrected chi connectivity index (χ2v) is 4.12. The lowest BCUT2D eigenvalue weighted by Crippen LogP contribution is -2.09. The molecular formula is C16H14O5. The van der Waals surface area contributed by atoms with Crippen molar-refractivity contribution >= 4 is 12.3 Å². The molecule has 0 fully saturated rings. The van der Waals surface area contributed by atoms with Crippen LogP contribution in [0.5, 0.6) is 17.2 Å². The Morgan fingerprint density at radius 1 is 0.952 bits per heavy atom. The second-order valence-electron chi connectivity index (χ2n) is 4.12. The molecule has 0 aliphatic carbocycles. The van der Waals surface area contributed by atoms with Crippen LogP contribution >= 0.6 is 0 Å². The number of hydrogen-bond acceptors (Lipinski definition) is 5. The first-order valence-electron chi connectivity index (χ1n) is 6.18. The highest BCUT2D eigenvalue weighted by Crippen LogP contribution is 2.34. The molecule has 0 aliphatic heterocycles. The molecule has 0 bridgehead atoms. The fourth-order valence-electron chi connectivity index (χ4n) is 1.80. The molecule has 2 aromatic rings. The zero-order valence-electron chi connectivity index (χ0n) is 11.7. The molecule has 0 saturated heterocycles. The molecule has 0 aliphatic rings. The first-order chi connectivity index (χ1) is 10.2. The summed E-state index contributed by atoms with van der Waals surface area (Å²) in [5.74, 6) is 0.257. The van der Waals surface area contributed by atoms with Crippen molar-refractivity contribution in [3.8, 4) is 17.2 Å². The molecule has 0 spiro atoms. The predicted octanol–water partition coefficient (Wildman–Crippen LogP) is 2.74. The highest BCUT2D eigenvalue weighted by Gasteiger charge is 2.16. The molecule has 5 heteroatoms. The van der Waals surface area contributed by atoms with E-state index in [1.54, 1.807) is 30.3 Å². The first-order valence-corrected chi connectivity index (χ1v) is 6.18. The maximum atomic E-state index is 12.0. The van der Waals surface area contributed by atoms with Crippen LogP contribution in [-0.4, -0.2) is 26.5 Å². The van der Waals surface area contributed by atoms with Crippen molar-refractivity contribution in [2.45, 2.75) is 0 Å². The number of esters is 1. The lowest BCUT2D eigenvalue weighted by Gasteiger charge is -2.12. The lowest BCUT2D eigenvalue weighted by molar-refractivity contribution is 0.0729. The Bertz CT molecular complexity index is 649. The van der Waals surface area contributed by atoms with Crippen molar-refractivity contribution in [1.82, 2.24) is 0 Å². The minimum Gasteiger partial charge on any atom is -0.496 e. The van der Waals surface area contributed by atoms with Crippen LogP contribution in [0.25, 0.3) is 0 Å². The van der Waals surface area contributed by atoms with E-state index >= 15 is 0 Å². The monoisotopic (exact) mass is 286 g/mol. The number of carbonyl (C=O) groups is 2. The molecule has 108 valence electrons. The van der Waals surface area contributed by atoms with Crippen molar-refractivity contribution in [2.75, 3.05) is 14.2 Å². The number of ether oxygens (including phenoxy) is 3. The maximum absolute atomic E-state index is 12.0. The predicted molar refractivity (Wildman–Crippen MR) is 76.3 cm³/mol. The number of hydrogen-bond donors (Lipinski definition) is 0. The van der Waals surface area contributed by atoms with E-state index in [1.165, 1.54) is 26.4 Å². The third-order valence-corrected chi connectivity index (χ3v) is 2.86. The second kappa shape index (κ2) is 6.56. The van der Waals surface area contributed by atoms with E-state index in [2.05, 4.69) is 0 Å². The van der Waals surface area contributed by atoms with Crippen LogP contribution in [0.3, 0.4) is 0 Å². The van der Waals surface area contributed by atoms with Gasteiger partial charge in [-0.2, -0.15) is 0 Å². The van der Waals surface area contributed by atoms with Gasteiger partial charge in [-0.1, -0.05) is 18.2 Å². The van der Waals surface area contributed by atoms with E-state index < -0.39 is 5.97 Å². The number of aldehydes is 1. The van der Waals surface area contributed by atoms with Gasteiger partial charge in [0.2, 0.25) is 0 Å². The van der Waals surface area contributed by atoms with Crippen LogP contribution in [0.2, 0.25) is 0 Å². The van der Waals surface area contributed by atoms with Crippen molar-refractivity contribution in [3.63, 3.8) is 0 Å². The molecule has 5 nitrogen and oxygen atoms in total. The van der Waals surface area contributed by atoms with Gasteiger partial charge in [-0.25, -0.2) is 4.79 Å². The van der Waals surface area contributed by atoms with Gasteiger partial charge in [0, 0.05) is 6.07 Å². The molecule has 0 radical (unpaired) electrons. The van der Waals surface area contributed by atoms with E-state index in [-0.39, 0.29) is 11.5 Å². The van der Waals surface area contributed by atoms with Crippen LogP contribution in [0.1, 0.15) is 20.7 Å². The Balaban J connectivity index is 2.35. The molecule has 2 rings (SSSR count). The SMILES string of the molecule is COc1cc(OC(=O)c2ccccc2)c(OC)cc1C=O. The average Bonchev–Trinajstić information content (AvgIpc) is 2.55. The van der Waals surface area contributed by atoms with Crippen molar-refractivity contribution in [3.05, 3.63) is 53.6 Å². The topological polar surface area (TPSA) is 61.8 Å². The summed E-state index contributed by atoms with van der Waals surface area (Å²) >= 11 is 0. The summed E-state index contributed by atoms with van der Waals surface area (Å²) in [5, 5.41) is 0. The fraction of sp³-hybridized carbons (Fsp3) is 0.125. The number of carbonyl (C=O) groups excluding carboxylic acids is 2. The van der Waals surface area contributed by atoms with Crippen LogP contribution < -0.4 is 14.2 Å².